The smallest absolute Gasteiger partial charge is 0.0467 e. The molecule has 2 nitrogen and oxygen atoms in total. The molecule has 0 radical (unpaired) electrons. The Morgan fingerprint density at radius 2 is 0.625 bits per heavy atom. The molecule has 0 spiro atoms. The Hall–Kier alpha value is -5.34. The summed E-state index contributed by atoms with van der Waals surface area (Å²) in [5, 5.41) is 0. The molecular weight excluding hydrogens is 484 g/mol. The van der Waals surface area contributed by atoms with Gasteiger partial charge in [-0.1, -0.05) is 109 Å². The van der Waals surface area contributed by atoms with Gasteiger partial charge in [-0.2, -0.15) is 0 Å². The molecule has 0 bridgehead atoms. The first-order valence-electron chi connectivity index (χ1n) is 13.5. The molecule has 6 rings (SSSR count). The fraction of sp³-hybridized carbons (Fsp3) is 0. The van der Waals surface area contributed by atoms with Gasteiger partial charge in [0.25, 0.3) is 0 Å². The molecule has 0 aliphatic heterocycles. The van der Waals surface area contributed by atoms with Gasteiger partial charge in [-0.3, -0.25) is 0 Å². The Kier molecular flexibility index (Phi) is 7.50. The fourth-order valence-electron chi connectivity index (χ4n) is 4.90. The zero-order chi connectivity index (χ0) is 27.0. The van der Waals surface area contributed by atoms with Crippen molar-refractivity contribution in [3.05, 3.63) is 181 Å². The number of hydrogen-bond acceptors (Lipinski definition) is 2. The van der Waals surface area contributed by atoms with Crippen molar-refractivity contribution in [2.45, 2.75) is 0 Å². The third-order valence-corrected chi connectivity index (χ3v) is 6.81. The third kappa shape index (κ3) is 5.72. The molecule has 0 fully saturated rings. The van der Waals surface area contributed by atoms with Gasteiger partial charge in [0.15, 0.2) is 0 Å². The van der Waals surface area contributed by atoms with E-state index in [0.717, 1.165) is 45.3 Å². The summed E-state index contributed by atoms with van der Waals surface area (Å²) in [6, 6.07) is 59.3. The van der Waals surface area contributed by atoms with E-state index in [0.29, 0.717) is 0 Å². The molecule has 0 aliphatic carbocycles. The molecule has 0 unspecified atom stereocenters. The van der Waals surface area contributed by atoms with Crippen LogP contribution >= 0.6 is 0 Å². The highest BCUT2D eigenvalue weighted by molar-refractivity contribution is 5.80. The maximum absolute atomic E-state index is 2.29. The predicted molar refractivity (Wildman–Crippen MR) is 171 cm³/mol. The SMILES string of the molecule is C(=C\c1cccc(N(c2ccccc2)c2ccccc2)c1)/c1ccc(N(c2ccccc2)c2ccccc2)cc1. The number of anilines is 6. The summed E-state index contributed by atoms with van der Waals surface area (Å²) in [6.07, 6.45) is 4.35. The Bertz CT molecular complexity index is 1580. The van der Waals surface area contributed by atoms with Gasteiger partial charge in [-0.05, 0) is 83.9 Å². The monoisotopic (exact) mass is 514 g/mol. The summed E-state index contributed by atoms with van der Waals surface area (Å²) in [6.45, 7) is 0. The zero-order valence-corrected chi connectivity index (χ0v) is 22.2. The minimum absolute atomic E-state index is 1.12. The van der Waals surface area contributed by atoms with Crippen molar-refractivity contribution in [3.63, 3.8) is 0 Å². The number of para-hydroxylation sites is 4. The molecule has 2 heteroatoms. The van der Waals surface area contributed by atoms with Gasteiger partial charge in [-0.15, -0.1) is 0 Å². The van der Waals surface area contributed by atoms with E-state index < -0.39 is 0 Å². The van der Waals surface area contributed by atoms with E-state index in [9.17, 15) is 0 Å². The maximum atomic E-state index is 2.29. The van der Waals surface area contributed by atoms with Gasteiger partial charge in [-0.25, -0.2) is 0 Å². The molecule has 6 aromatic rings. The third-order valence-electron chi connectivity index (χ3n) is 6.81. The summed E-state index contributed by atoms with van der Waals surface area (Å²) in [7, 11) is 0. The van der Waals surface area contributed by atoms with E-state index in [2.05, 4.69) is 192 Å². The molecule has 40 heavy (non-hydrogen) atoms. The highest BCUT2D eigenvalue weighted by Gasteiger charge is 2.13. The van der Waals surface area contributed by atoms with Crippen LogP contribution in [-0.4, -0.2) is 0 Å². The lowest BCUT2D eigenvalue weighted by Gasteiger charge is -2.25. The largest absolute Gasteiger partial charge is 0.311 e. The fourth-order valence-corrected chi connectivity index (χ4v) is 4.90. The Morgan fingerprint density at radius 1 is 0.275 bits per heavy atom. The first-order chi connectivity index (χ1) is 19.8. The zero-order valence-electron chi connectivity index (χ0n) is 22.2. The van der Waals surface area contributed by atoms with Crippen LogP contribution in [0.2, 0.25) is 0 Å². The molecule has 0 atom stereocenters. The standard InChI is InChI=1S/C38H30N2/c1-5-15-33(16-6-1)39(34-17-7-2-8-18-34)37-28-26-31(27-29-37)24-25-32-14-13-23-38(30-32)40(35-19-9-3-10-20-35)36-21-11-4-12-22-36/h1-30H/b25-24+. The molecule has 0 aromatic heterocycles. The van der Waals surface area contributed by atoms with E-state index in [-0.39, 0.29) is 0 Å². The van der Waals surface area contributed by atoms with Crippen LogP contribution in [0.25, 0.3) is 12.2 Å². The van der Waals surface area contributed by atoms with Crippen LogP contribution in [0.15, 0.2) is 170 Å². The average Bonchev–Trinajstić information content (AvgIpc) is 3.03. The van der Waals surface area contributed by atoms with Gasteiger partial charge in [0.2, 0.25) is 0 Å². The van der Waals surface area contributed by atoms with E-state index in [1.807, 2.05) is 0 Å². The van der Waals surface area contributed by atoms with Crippen molar-refractivity contribution in [2.24, 2.45) is 0 Å². The Labute approximate surface area is 236 Å². The number of benzene rings is 6. The second-order valence-electron chi connectivity index (χ2n) is 9.53. The molecule has 6 aromatic carbocycles. The first kappa shape index (κ1) is 25.0. The lowest BCUT2D eigenvalue weighted by atomic mass is 10.1. The van der Waals surface area contributed by atoms with Crippen molar-refractivity contribution in [2.75, 3.05) is 9.80 Å². The topological polar surface area (TPSA) is 6.48 Å². The van der Waals surface area contributed by atoms with Crippen LogP contribution in [0.4, 0.5) is 34.1 Å². The van der Waals surface area contributed by atoms with Gasteiger partial charge < -0.3 is 9.80 Å². The van der Waals surface area contributed by atoms with Gasteiger partial charge in [0.1, 0.15) is 0 Å². The lowest BCUT2D eigenvalue weighted by molar-refractivity contribution is 1.28. The van der Waals surface area contributed by atoms with Crippen molar-refractivity contribution < 1.29 is 0 Å². The summed E-state index contributed by atoms with van der Waals surface area (Å²) < 4.78 is 0. The Morgan fingerprint density at radius 3 is 1.07 bits per heavy atom. The van der Waals surface area contributed by atoms with Crippen LogP contribution in [0.1, 0.15) is 11.1 Å². The molecule has 0 aliphatic rings. The maximum Gasteiger partial charge on any atom is 0.0467 e. The van der Waals surface area contributed by atoms with Crippen LogP contribution in [0, 0.1) is 0 Å². The van der Waals surface area contributed by atoms with Crippen molar-refractivity contribution in [1.29, 1.82) is 0 Å². The normalized spacial score (nSPS) is 10.9. The van der Waals surface area contributed by atoms with Crippen molar-refractivity contribution in [1.82, 2.24) is 0 Å². The van der Waals surface area contributed by atoms with Gasteiger partial charge in [0.05, 0.1) is 0 Å². The van der Waals surface area contributed by atoms with Gasteiger partial charge in [0, 0.05) is 34.1 Å². The van der Waals surface area contributed by atoms with E-state index in [4.69, 9.17) is 0 Å². The molecule has 0 N–H and O–H groups in total. The highest BCUT2D eigenvalue weighted by atomic mass is 15.1. The summed E-state index contributed by atoms with van der Waals surface area (Å²) in [4.78, 5) is 4.56. The minimum atomic E-state index is 1.12. The van der Waals surface area contributed by atoms with Crippen molar-refractivity contribution >= 4 is 46.3 Å². The van der Waals surface area contributed by atoms with Crippen LogP contribution in [0.5, 0.6) is 0 Å². The summed E-state index contributed by atoms with van der Waals surface area (Å²) >= 11 is 0. The average molecular weight is 515 g/mol. The first-order valence-corrected chi connectivity index (χ1v) is 13.5. The molecule has 0 amide bonds. The van der Waals surface area contributed by atoms with Gasteiger partial charge >= 0.3 is 0 Å². The van der Waals surface area contributed by atoms with Crippen LogP contribution in [-0.2, 0) is 0 Å². The van der Waals surface area contributed by atoms with E-state index in [1.54, 1.807) is 0 Å². The van der Waals surface area contributed by atoms with Crippen molar-refractivity contribution in [3.8, 4) is 0 Å². The number of rotatable bonds is 8. The molecule has 192 valence electrons. The molecule has 0 saturated heterocycles. The molecule has 0 saturated carbocycles. The second-order valence-corrected chi connectivity index (χ2v) is 9.53. The molecular formula is C38H30N2. The quantitative estimate of drug-likeness (QED) is 0.186. The Balaban J connectivity index is 1.27. The van der Waals surface area contributed by atoms with E-state index in [1.165, 1.54) is 0 Å². The second kappa shape index (κ2) is 12.0. The summed E-state index contributed by atoms with van der Waals surface area (Å²) in [5.74, 6) is 0. The highest BCUT2D eigenvalue weighted by Crippen LogP contribution is 2.36. The minimum Gasteiger partial charge on any atom is -0.311 e. The van der Waals surface area contributed by atoms with E-state index >= 15 is 0 Å². The lowest BCUT2D eigenvalue weighted by Crippen LogP contribution is -2.09. The number of nitrogens with zero attached hydrogens (tertiary/aromatic N) is 2. The predicted octanol–water partition coefficient (Wildman–Crippen LogP) is 10.8. The van der Waals surface area contributed by atoms with Crippen LogP contribution in [0.3, 0.4) is 0 Å². The van der Waals surface area contributed by atoms with Crippen LogP contribution < -0.4 is 9.80 Å². The molecule has 0 heterocycles. The number of hydrogen-bond donors (Lipinski definition) is 0. The summed E-state index contributed by atoms with van der Waals surface area (Å²) in [5.41, 5.74) is 9.07.